The van der Waals surface area contributed by atoms with E-state index in [0.717, 1.165) is 0 Å². The van der Waals surface area contributed by atoms with E-state index in [4.69, 9.17) is 0 Å². The summed E-state index contributed by atoms with van der Waals surface area (Å²) in [7, 11) is -2.98. The molecule has 18 heavy (non-hydrogen) atoms. The van der Waals surface area contributed by atoms with E-state index in [-0.39, 0.29) is 0 Å². The highest BCUT2D eigenvalue weighted by Crippen LogP contribution is 2.22. The molecule has 0 atom stereocenters. The minimum Gasteiger partial charge on any atom is -0.106 e. The zero-order valence-electron chi connectivity index (χ0n) is 11.7. The number of benzene rings is 1. The molecule has 0 saturated carbocycles. The molecule has 0 aliphatic rings. The summed E-state index contributed by atoms with van der Waals surface area (Å²) in [5.74, 6) is 0. The molecule has 0 aliphatic carbocycles. The van der Waals surface area contributed by atoms with Gasteiger partial charge in [0.2, 0.25) is 0 Å². The molecular weight excluding hydrogens is 248 g/mol. The first kappa shape index (κ1) is 14.9. The van der Waals surface area contributed by atoms with E-state index in [0.29, 0.717) is 0 Å². The summed E-state index contributed by atoms with van der Waals surface area (Å²) in [4.78, 5) is 0. The Balaban J connectivity index is 2.81. The molecule has 2 heteroatoms. The Morgan fingerprint density at radius 1 is 0.889 bits per heavy atom. The van der Waals surface area contributed by atoms with Gasteiger partial charge in [-0.2, -0.15) is 0 Å². The van der Waals surface area contributed by atoms with Crippen LogP contribution in [0.4, 0.5) is 0 Å². The van der Waals surface area contributed by atoms with Crippen LogP contribution in [0.1, 0.15) is 0 Å². The first-order valence-corrected chi connectivity index (χ1v) is 12.1. The first-order valence-electron chi connectivity index (χ1n) is 6.46. The second-order valence-corrected chi connectivity index (χ2v) is 14.3. The van der Waals surface area contributed by atoms with Crippen LogP contribution in [0.5, 0.6) is 0 Å². The van der Waals surface area contributed by atoms with Gasteiger partial charge in [0.1, 0.15) is 8.07 Å². The molecule has 0 nitrogen and oxygen atoms in total. The van der Waals surface area contributed by atoms with E-state index in [1.807, 2.05) is 0 Å². The van der Waals surface area contributed by atoms with Crippen LogP contribution in [0.15, 0.2) is 67.2 Å². The highest BCUT2D eigenvalue weighted by molar-refractivity contribution is 6.96. The maximum absolute atomic E-state index is 3.98. The topological polar surface area (TPSA) is 0 Å². The van der Waals surface area contributed by atoms with Crippen molar-refractivity contribution in [3.63, 3.8) is 0 Å². The van der Waals surface area contributed by atoms with Crippen LogP contribution < -0.4 is 5.19 Å². The molecule has 0 saturated heterocycles. The first-order chi connectivity index (χ1) is 8.49. The Bertz CT molecular complexity index is 396. The van der Waals surface area contributed by atoms with Gasteiger partial charge < -0.3 is 0 Å². The fourth-order valence-corrected chi connectivity index (χ4v) is 8.85. The van der Waals surface area contributed by atoms with Gasteiger partial charge in [-0.3, -0.25) is 0 Å². The minimum atomic E-state index is -1.63. The van der Waals surface area contributed by atoms with E-state index in [1.165, 1.54) is 17.3 Å². The van der Waals surface area contributed by atoms with E-state index < -0.39 is 16.1 Å². The second kappa shape index (κ2) is 6.16. The van der Waals surface area contributed by atoms with Crippen molar-refractivity contribution in [2.24, 2.45) is 0 Å². The average molecular weight is 273 g/mol. The summed E-state index contributed by atoms with van der Waals surface area (Å²) in [5, 5.41) is 1.53. The number of hydrogen-bond acceptors (Lipinski definition) is 0. The molecule has 0 unspecified atom stereocenters. The van der Waals surface area contributed by atoms with E-state index in [2.05, 4.69) is 80.3 Å². The zero-order chi connectivity index (χ0) is 13.6. The van der Waals surface area contributed by atoms with Crippen molar-refractivity contribution in [1.82, 2.24) is 0 Å². The molecule has 0 aromatic heterocycles. The molecule has 0 aliphatic heterocycles. The highest BCUT2D eigenvalue weighted by atomic mass is 28.3. The second-order valence-electron chi connectivity index (χ2n) is 5.47. The van der Waals surface area contributed by atoms with Crippen molar-refractivity contribution < 1.29 is 0 Å². The third-order valence-electron chi connectivity index (χ3n) is 3.88. The number of rotatable bonds is 7. The van der Waals surface area contributed by atoms with E-state index >= 15 is 0 Å². The molecule has 0 radical (unpaired) electrons. The Labute approximate surface area is 114 Å². The fraction of sp³-hybridized carbons (Fsp3) is 0.250. The molecule has 0 bridgehead atoms. The lowest BCUT2D eigenvalue weighted by molar-refractivity contribution is 1.32. The van der Waals surface area contributed by atoms with Crippen molar-refractivity contribution in [2.75, 3.05) is 0 Å². The van der Waals surface area contributed by atoms with Gasteiger partial charge in [-0.1, -0.05) is 71.8 Å². The zero-order valence-corrected chi connectivity index (χ0v) is 13.7. The van der Waals surface area contributed by atoms with Crippen LogP contribution in [0, 0.1) is 0 Å². The van der Waals surface area contributed by atoms with Gasteiger partial charge in [0.15, 0.2) is 0 Å². The summed E-state index contributed by atoms with van der Waals surface area (Å²) in [6.45, 7) is 16.8. The number of hydrogen-bond donors (Lipinski definition) is 0. The lowest BCUT2D eigenvalue weighted by atomic mass is 10.4. The lowest BCUT2D eigenvalue weighted by Gasteiger charge is -2.28. The summed E-state index contributed by atoms with van der Waals surface area (Å²) in [6.07, 6.45) is 0. The Kier molecular flexibility index (Phi) is 5.11. The summed E-state index contributed by atoms with van der Waals surface area (Å²) < 4.78 is 0. The molecule has 96 valence electrons. The highest BCUT2D eigenvalue weighted by Gasteiger charge is 2.29. The quantitative estimate of drug-likeness (QED) is 0.652. The Hall–Kier alpha value is -1.13. The summed E-state index contributed by atoms with van der Waals surface area (Å²) in [6, 6.07) is 13.4. The molecule has 0 spiro atoms. The van der Waals surface area contributed by atoms with Crippen LogP contribution in [-0.2, 0) is 0 Å². The van der Waals surface area contributed by atoms with Gasteiger partial charge in [0, 0.05) is 0 Å². The van der Waals surface area contributed by atoms with Gasteiger partial charge in [0.25, 0.3) is 0 Å². The van der Waals surface area contributed by atoms with Crippen LogP contribution >= 0.6 is 0 Å². The van der Waals surface area contributed by atoms with Crippen molar-refractivity contribution in [1.29, 1.82) is 0 Å². The fourth-order valence-electron chi connectivity index (χ4n) is 2.12. The molecule has 0 fully saturated rings. The van der Waals surface area contributed by atoms with E-state index in [9.17, 15) is 0 Å². The molecule has 0 heterocycles. The van der Waals surface area contributed by atoms with Crippen LogP contribution in [0.3, 0.4) is 0 Å². The molecule has 1 rings (SSSR count). The van der Waals surface area contributed by atoms with Gasteiger partial charge in [-0.05, 0) is 6.04 Å². The third kappa shape index (κ3) is 3.43. The van der Waals surface area contributed by atoms with Crippen molar-refractivity contribution in [3.8, 4) is 0 Å². The largest absolute Gasteiger partial charge is 0.124 e. The van der Waals surface area contributed by atoms with Crippen LogP contribution in [0.2, 0.25) is 25.2 Å². The Morgan fingerprint density at radius 2 is 1.39 bits per heavy atom. The standard InChI is InChI=1S/C16H24Si2/c1-6-18(7-2,8-3)15-14-17(4,5)16-12-10-9-11-13-16/h6-13H,1-3,14-15H2,4-5H3. The SMILES string of the molecule is C=C[Si](C=C)(C=C)CC[Si](C)(C)c1ccccc1. The smallest absolute Gasteiger partial charge is 0.106 e. The predicted octanol–water partition coefficient (Wildman–Crippen LogP) is 4.23. The van der Waals surface area contributed by atoms with E-state index in [1.54, 1.807) is 0 Å². The van der Waals surface area contributed by atoms with Crippen LogP contribution in [0.25, 0.3) is 0 Å². The summed E-state index contributed by atoms with van der Waals surface area (Å²) in [5.41, 5.74) is 6.30. The minimum absolute atomic E-state index is 1.19. The molecule has 0 amide bonds. The third-order valence-corrected chi connectivity index (χ3v) is 11.2. The normalized spacial score (nSPS) is 11.9. The molecular formula is C16H24Si2. The molecule has 0 N–H and O–H groups in total. The van der Waals surface area contributed by atoms with Gasteiger partial charge in [-0.15, -0.1) is 19.7 Å². The molecule has 1 aromatic rings. The van der Waals surface area contributed by atoms with Crippen LogP contribution in [-0.4, -0.2) is 16.1 Å². The maximum Gasteiger partial charge on any atom is 0.124 e. The van der Waals surface area contributed by atoms with Crippen molar-refractivity contribution in [2.45, 2.75) is 25.2 Å². The van der Waals surface area contributed by atoms with Crippen molar-refractivity contribution >= 4 is 21.3 Å². The lowest BCUT2D eigenvalue weighted by Crippen LogP contribution is -2.43. The predicted molar refractivity (Wildman–Crippen MR) is 89.5 cm³/mol. The summed E-state index contributed by atoms with van der Waals surface area (Å²) >= 11 is 0. The van der Waals surface area contributed by atoms with Crippen molar-refractivity contribution in [3.05, 3.63) is 67.2 Å². The molecule has 1 aromatic carbocycles. The average Bonchev–Trinajstić information content (AvgIpc) is 2.42. The Morgan fingerprint density at radius 3 is 1.83 bits per heavy atom. The van der Waals surface area contributed by atoms with Gasteiger partial charge in [-0.25, -0.2) is 0 Å². The van der Waals surface area contributed by atoms with Gasteiger partial charge >= 0.3 is 0 Å². The maximum atomic E-state index is 3.98. The monoisotopic (exact) mass is 272 g/mol. The van der Waals surface area contributed by atoms with Gasteiger partial charge in [0.05, 0.1) is 8.07 Å².